The van der Waals surface area contributed by atoms with Crippen LogP contribution in [0.4, 0.5) is 4.39 Å². The van der Waals surface area contributed by atoms with Crippen molar-refractivity contribution in [2.24, 2.45) is 0 Å². The molecule has 3 aromatic rings. The standard InChI is InChI=1S/C20H22FN3O2/c1-14(25)12-22-13-19-15(2)23-24(17-6-4-3-5-7-17)20(19)26-18-10-8-16(21)9-11-18/h3-11,14,22,25H,12-13H2,1-2H3/p+1/t14-/m1/s1. The van der Waals surface area contributed by atoms with E-state index in [1.165, 1.54) is 12.1 Å². The number of benzene rings is 2. The number of aliphatic hydroxyl groups excluding tert-OH is 1. The van der Waals surface area contributed by atoms with Gasteiger partial charge in [0.2, 0.25) is 5.88 Å². The summed E-state index contributed by atoms with van der Waals surface area (Å²) in [6, 6.07) is 15.6. The second-order valence-corrected chi connectivity index (χ2v) is 6.25. The van der Waals surface area contributed by atoms with E-state index < -0.39 is 0 Å². The number of hydrogen-bond donors (Lipinski definition) is 2. The molecular formula is C20H23FN3O2+. The van der Waals surface area contributed by atoms with Gasteiger partial charge < -0.3 is 15.2 Å². The molecule has 26 heavy (non-hydrogen) atoms. The maximum absolute atomic E-state index is 13.2. The van der Waals surface area contributed by atoms with E-state index in [1.54, 1.807) is 23.7 Å². The third kappa shape index (κ3) is 4.28. The molecule has 0 amide bonds. The average Bonchev–Trinajstić information content (AvgIpc) is 2.93. The molecule has 2 aromatic carbocycles. The Kier molecular flexibility index (Phi) is 5.65. The van der Waals surface area contributed by atoms with Gasteiger partial charge in [-0.2, -0.15) is 5.10 Å². The van der Waals surface area contributed by atoms with Crippen molar-refractivity contribution in [3.63, 3.8) is 0 Å². The zero-order valence-electron chi connectivity index (χ0n) is 14.9. The van der Waals surface area contributed by atoms with E-state index in [0.717, 1.165) is 16.9 Å². The van der Waals surface area contributed by atoms with Crippen molar-refractivity contribution in [2.75, 3.05) is 6.54 Å². The van der Waals surface area contributed by atoms with Crippen molar-refractivity contribution in [3.8, 4) is 17.3 Å². The SMILES string of the molecule is Cc1nn(-c2ccccc2)c(Oc2ccc(F)cc2)c1C[NH2+]C[C@@H](C)O. The first kappa shape index (κ1) is 18.1. The average molecular weight is 356 g/mol. The van der Waals surface area contributed by atoms with Gasteiger partial charge in [0.15, 0.2) is 0 Å². The first-order valence-corrected chi connectivity index (χ1v) is 8.61. The van der Waals surface area contributed by atoms with Crippen molar-refractivity contribution in [1.29, 1.82) is 0 Å². The van der Waals surface area contributed by atoms with Crippen molar-refractivity contribution >= 4 is 0 Å². The molecule has 5 nitrogen and oxygen atoms in total. The van der Waals surface area contributed by atoms with Crippen LogP contribution in [0.3, 0.4) is 0 Å². The molecule has 0 aliphatic carbocycles. The van der Waals surface area contributed by atoms with E-state index in [-0.39, 0.29) is 11.9 Å². The van der Waals surface area contributed by atoms with E-state index in [1.807, 2.05) is 42.6 Å². The number of nitrogens with two attached hydrogens (primary N) is 1. The summed E-state index contributed by atoms with van der Waals surface area (Å²) in [6.07, 6.45) is -0.388. The number of rotatable bonds is 7. The third-order valence-corrected chi connectivity index (χ3v) is 4.02. The van der Waals surface area contributed by atoms with Crippen LogP contribution in [0, 0.1) is 12.7 Å². The Bertz CT molecular complexity index is 845. The number of halogens is 1. The van der Waals surface area contributed by atoms with Crippen molar-refractivity contribution in [1.82, 2.24) is 9.78 Å². The molecule has 0 saturated heterocycles. The van der Waals surface area contributed by atoms with Gasteiger partial charge in [-0.05, 0) is 50.2 Å². The summed E-state index contributed by atoms with van der Waals surface area (Å²) < 4.78 is 21.0. The van der Waals surface area contributed by atoms with Crippen LogP contribution >= 0.6 is 0 Å². The number of ether oxygens (including phenoxy) is 1. The lowest BCUT2D eigenvalue weighted by Crippen LogP contribution is -2.84. The van der Waals surface area contributed by atoms with E-state index in [0.29, 0.717) is 24.7 Å². The van der Waals surface area contributed by atoms with Crippen LogP contribution in [-0.2, 0) is 6.54 Å². The lowest BCUT2D eigenvalue weighted by atomic mass is 10.2. The van der Waals surface area contributed by atoms with Gasteiger partial charge >= 0.3 is 0 Å². The van der Waals surface area contributed by atoms with E-state index >= 15 is 0 Å². The number of quaternary nitrogens is 1. The molecule has 0 fully saturated rings. The minimum Gasteiger partial charge on any atom is -0.438 e. The number of nitrogens with zero attached hydrogens (tertiary/aromatic N) is 2. The lowest BCUT2D eigenvalue weighted by Gasteiger charge is -2.11. The molecule has 0 aliphatic rings. The predicted octanol–water partition coefficient (Wildman–Crippen LogP) is 2.56. The Hall–Kier alpha value is -2.70. The van der Waals surface area contributed by atoms with Crippen LogP contribution in [0.15, 0.2) is 54.6 Å². The molecule has 0 saturated carbocycles. The fraction of sp³-hybridized carbons (Fsp3) is 0.250. The minimum absolute atomic E-state index is 0.310. The summed E-state index contributed by atoms with van der Waals surface area (Å²) in [5.74, 6) is 0.831. The molecule has 0 unspecified atom stereocenters. The Morgan fingerprint density at radius 1 is 1.15 bits per heavy atom. The van der Waals surface area contributed by atoms with E-state index in [9.17, 15) is 9.50 Å². The highest BCUT2D eigenvalue weighted by atomic mass is 19.1. The topological polar surface area (TPSA) is 63.9 Å². The van der Waals surface area contributed by atoms with Crippen LogP contribution in [-0.4, -0.2) is 27.5 Å². The Labute approximate surface area is 152 Å². The Balaban J connectivity index is 1.97. The van der Waals surface area contributed by atoms with Gasteiger partial charge in [0.25, 0.3) is 0 Å². The van der Waals surface area contributed by atoms with E-state index in [4.69, 9.17) is 4.74 Å². The van der Waals surface area contributed by atoms with Crippen molar-refractivity contribution in [3.05, 3.63) is 71.7 Å². The van der Waals surface area contributed by atoms with Crippen LogP contribution in [0.5, 0.6) is 11.6 Å². The van der Waals surface area contributed by atoms with Gasteiger partial charge in [-0.3, -0.25) is 0 Å². The van der Waals surface area contributed by atoms with Crippen molar-refractivity contribution < 1.29 is 19.6 Å². The molecule has 0 aliphatic heterocycles. The fourth-order valence-electron chi connectivity index (χ4n) is 2.71. The molecule has 0 bridgehead atoms. The second-order valence-electron chi connectivity index (χ2n) is 6.25. The van der Waals surface area contributed by atoms with Crippen LogP contribution in [0.25, 0.3) is 5.69 Å². The molecule has 1 aromatic heterocycles. The smallest absolute Gasteiger partial charge is 0.231 e. The molecule has 3 N–H and O–H groups in total. The highest BCUT2D eigenvalue weighted by Gasteiger charge is 2.20. The largest absolute Gasteiger partial charge is 0.438 e. The summed E-state index contributed by atoms with van der Waals surface area (Å²) in [4.78, 5) is 0. The number of aliphatic hydroxyl groups is 1. The fourth-order valence-corrected chi connectivity index (χ4v) is 2.71. The van der Waals surface area contributed by atoms with Gasteiger partial charge in [-0.1, -0.05) is 18.2 Å². The highest BCUT2D eigenvalue weighted by molar-refractivity contribution is 5.42. The molecule has 3 rings (SSSR count). The summed E-state index contributed by atoms with van der Waals surface area (Å²) in [5.41, 5.74) is 2.68. The number of para-hydroxylation sites is 1. The van der Waals surface area contributed by atoms with E-state index in [2.05, 4.69) is 5.10 Å². The normalized spacial score (nSPS) is 12.2. The number of aromatic nitrogens is 2. The lowest BCUT2D eigenvalue weighted by molar-refractivity contribution is -0.676. The number of hydrogen-bond acceptors (Lipinski definition) is 3. The predicted molar refractivity (Wildman–Crippen MR) is 97.0 cm³/mol. The highest BCUT2D eigenvalue weighted by Crippen LogP contribution is 2.30. The van der Waals surface area contributed by atoms with Gasteiger partial charge in [0, 0.05) is 0 Å². The summed E-state index contributed by atoms with van der Waals surface area (Å²) >= 11 is 0. The maximum Gasteiger partial charge on any atom is 0.231 e. The summed E-state index contributed by atoms with van der Waals surface area (Å²) in [7, 11) is 0. The quantitative estimate of drug-likeness (QED) is 0.684. The van der Waals surface area contributed by atoms with Gasteiger partial charge in [0.1, 0.15) is 24.7 Å². The summed E-state index contributed by atoms with van der Waals surface area (Å²) in [5, 5.41) is 16.1. The van der Waals surface area contributed by atoms with Gasteiger partial charge in [-0.25, -0.2) is 9.07 Å². The molecule has 136 valence electrons. The maximum atomic E-state index is 13.2. The van der Waals surface area contributed by atoms with Crippen molar-refractivity contribution in [2.45, 2.75) is 26.5 Å². The first-order valence-electron chi connectivity index (χ1n) is 8.61. The van der Waals surface area contributed by atoms with Crippen LogP contribution < -0.4 is 10.1 Å². The summed E-state index contributed by atoms with van der Waals surface area (Å²) in [6.45, 7) is 4.90. The Morgan fingerprint density at radius 2 is 1.85 bits per heavy atom. The Morgan fingerprint density at radius 3 is 2.50 bits per heavy atom. The second kappa shape index (κ2) is 8.12. The minimum atomic E-state index is -0.388. The molecule has 0 spiro atoms. The van der Waals surface area contributed by atoms with Crippen LogP contribution in [0.1, 0.15) is 18.2 Å². The molecule has 0 radical (unpaired) electrons. The molecule has 1 atom stereocenters. The van der Waals surface area contributed by atoms with Crippen LogP contribution in [0.2, 0.25) is 0 Å². The molecular weight excluding hydrogens is 333 g/mol. The monoisotopic (exact) mass is 356 g/mol. The molecule has 6 heteroatoms. The van der Waals surface area contributed by atoms with Gasteiger partial charge in [-0.15, -0.1) is 0 Å². The molecule has 1 heterocycles. The third-order valence-electron chi connectivity index (χ3n) is 4.02. The van der Waals surface area contributed by atoms with Gasteiger partial charge in [0.05, 0.1) is 23.0 Å². The zero-order chi connectivity index (χ0) is 18.5. The number of aryl methyl sites for hydroxylation is 1. The zero-order valence-corrected chi connectivity index (χ0v) is 14.9. The first-order chi connectivity index (χ1) is 12.5.